The van der Waals surface area contributed by atoms with Gasteiger partial charge in [0, 0.05) is 16.3 Å². The summed E-state index contributed by atoms with van der Waals surface area (Å²) in [6.07, 6.45) is 1.84. The largest absolute Gasteiger partial charge is 0.507 e. The van der Waals surface area contributed by atoms with Crippen LogP contribution in [0.3, 0.4) is 0 Å². The number of Topliss-reactive ketones (excluding diaryl/α,β-unsaturated/α-hetero) is 1. The molecule has 0 saturated carbocycles. The smallest absolute Gasteiger partial charge is 0.301 e. The van der Waals surface area contributed by atoms with Gasteiger partial charge in [0.05, 0.1) is 25.3 Å². The maximum absolute atomic E-state index is 13.7. The summed E-state index contributed by atoms with van der Waals surface area (Å²) >= 11 is 8.64. The van der Waals surface area contributed by atoms with Crippen LogP contribution in [0.2, 0.25) is 5.02 Å². The van der Waals surface area contributed by atoms with Gasteiger partial charge in [-0.15, -0.1) is 10.2 Å². The first-order chi connectivity index (χ1) is 22.4. The highest BCUT2D eigenvalue weighted by Gasteiger charge is 2.48. The van der Waals surface area contributed by atoms with Crippen LogP contribution in [0.5, 0.6) is 23.0 Å². The number of carbonyl (C=O) groups excluding carboxylic acids is 2. The monoisotopic (exact) mass is 679 g/mol. The topological polar surface area (TPSA) is 120 Å². The van der Waals surface area contributed by atoms with E-state index in [4.69, 9.17) is 30.5 Å². The van der Waals surface area contributed by atoms with Crippen LogP contribution in [0.1, 0.15) is 42.5 Å². The highest BCUT2D eigenvalue weighted by molar-refractivity contribution is 8.00. The second-order valence-corrected chi connectivity index (χ2v) is 13.0. The van der Waals surface area contributed by atoms with Gasteiger partial charge in [-0.3, -0.25) is 14.5 Å². The first kappa shape index (κ1) is 31.7. The van der Waals surface area contributed by atoms with Gasteiger partial charge in [-0.05, 0) is 60.0 Å². The highest BCUT2D eigenvalue weighted by atomic mass is 35.5. The molecule has 0 bridgehead atoms. The van der Waals surface area contributed by atoms with Crippen LogP contribution in [0.25, 0.3) is 5.76 Å². The van der Waals surface area contributed by atoms with Gasteiger partial charge in [0.15, 0.2) is 27.3 Å². The fourth-order valence-corrected chi connectivity index (χ4v) is 7.02. The molecule has 1 amide bonds. The number of benzene rings is 3. The van der Waals surface area contributed by atoms with Crippen molar-refractivity contribution in [3.8, 4) is 23.0 Å². The fourth-order valence-electron chi connectivity index (χ4n) is 5.08. The number of hydrogen-bond donors (Lipinski definition) is 1. The van der Waals surface area contributed by atoms with Crippen molar-refractivity contribution in [3.63, 3.8) is 0 Å². The summed E-state index contributed by atoms with van der Waals surface area (Å²) in [4.78, 5) is 28.8. The number of rotatable bonds is 11. The minimum absolute atomic E-state index is 0.103. The number of aliphatic hydroxyl groups is 1. The molecule has 0 spiro atoms. The maximum Gasteiger partial charge on any atom is 0.301 e. The summed E-state index contributed by atoms with van der Waals surface area (Å²) in [5, 5.41) is 21.1. The molecular formula is C33H30ClN3O7S2. The number of aromatic nitrogens is 2. The average molecular weight is 680 g/mol. The molecule has 0 radical (unpaired) electrons. The molecule has 238 valence electrons. The van der Waals surface area contributed by atoms with Crippen molar-refractivity contribution in [2.45, 2.75) is 35.9 Å². The Morgan fingerprint density at radius 3 is 2.59 bits per heavy atom. The molecule has 2 aliphatic heterocycles. The van der Waals surface area contributed by atoms with E-state index in [1.54, 1.807) is 36.4 Å². The number of methoxy groups -OCH3 is 1. The van der Waals surface area contributed by atoms with Crippen molar-refractivity contribution in [1.29, 1.82) is 0 Å². The SMILES string of the molecule is CCCCOc1ccc(C2/C(=C(\O)c3ccc4c(c3)OCCO4)C(=O)C(=O)N2c2nnc(SCc3ccc(Cl)cc3)s2)cc1OC. The summed E-state index contributed by atoms with van der Waals surface area (Å²) in [6.45, 7) is 3.34. The number of fused-ring (bicyclic) bond motifs is 1. The van der Waals surface area contributed by atoms with Crippen LogP contribution in [0.4, 0.5) is 5.13 Å². The third-order valence-corrected chi connectivity index (χ3v) is 9.78. The number of amides is 1. The Morgan fingerprint density at radius 1 is 1.04 bits per heavy atom. The summed E-state index contributed by atoms with van der Waals surface area (Å²) in [5.41, 5.74) is 1.76. The average Bonchev–Trinajstić information content (AvgIpc) is 3.65. The van der Waals surface area contributed by atoms with E-state index in [1.807, 2.05) is 24.3 Å². The van der Waals surface area contributed by atoms with Crippen molar-refractivity contribution in [3.05, 3.63) is 87.9 Å². The first-order valence-electron chi connectivity index (χ1n) is 14.6. The minimum atomic E-state index is -1.03. The van der Waals surface area contributed by atoms with Crippen LogP contribution >= 0.6 is 34.7 Å². The molecule has 46 heavy (non-hydrogen) atoms. The molecule has 1 N–H and O–H groups in total. The molecule has 1 aromatic heterocycles. The predicted octanol–water partition coefficient (Wildman–Crippen LogP) is 7.07. The Bertz CT molecular complexity index is 1790. The summed E-state index contributed by atoms with van der Waals surface area (Å²) in [6, 6.07) is 16.5. The minimum Gasteiger partial charge on any atom is -0.507 e. The Morgan fingerprint density at radius 2 is 1.83 bits per heavy atom. The van der Waals surface area contributed by atoms with Crippen molar-refractivity contribution in [2.24, 2.45) is 0 Å². The zero-order chi connectivity index (χ0) is 32.2. The van der Waals surface area contributed by atoms with Crippen LogP contribution in [-0.2, 0) is 15.3 Å². The molecule has 1 fully saturated rings. The maximum atomic E-state index is 13.7. The van der Waals surface area contributed by atoms with Gasteiger partial charge in [-0.25, -0.2) is 0 Å². The van der Waals surface area contributed by atoms with E-state index in [1.165, 1.54) is 35.1 Å². The molecule has 3 heterocycles. The third kappa shape index (κ3) is 6.51. The van der Waals surface area contributed by atoms with E-state index in [0.717, 1.165) is 18.4 Å². The van der Waals surface area contributed by atoms with E-state index in [0.29, 0.717) is 69.1 Å². The van der Waals surface area contributed by atoms with Crippen LogP contribution in [0.15, 0.2) is 70.6 Å². The van der Waals surface area contributed by atoms with Gasteiger partial charge in [0.25, 0.3) is 5.78 Å². The first-order valence-corrected chi connectivity index (χ1v) is 16.8. The van der Waals surface area contributed by atoms with Gasteiger partial charge >= 0.3 is 5.91 Å². The Kier molecular flexibility index (Phi) is 9.67. The van der Waals surface area contributed by atoms with Crippen molar-refractivity contribution < 1.29 is 33.6 Å². The molecular weight excluding hydrogens is 650 g/mol. The molecule has 4 aromatic rings. The number of ketones is 1. The zero-order valence-corrected chi connectivity index (χ0v) is 27.4. The van der Waals surface area contributed by atoms with E-state index >= 15 is 0 Å². The lowest BCUT2D eigenvalue weighted by Crippen LogP contribution is -2.29. The number of hydrogen-bond acceptors (Lipinski definition) is 11. The molecule has 0 aliphatic carbocycles. The number of ether oxygens (including phenoxy) is 4. The number of thioether (sulfide) groups is 1. The zero-order valence-electron chi connectivity index (χ0n) is 25.0. The Hall–Kier alpha value is -4.26. The predicted molar refractivity (Wildman–Crippen MR) is 177 cm³/mol. The Labute approximate surface area is 278 Å². The molecule has 3 aromatic carbocycles. The Balaban J connectivity index is 1.40. The van der Waals surface area contributed by atoms with Gasteiger partial charge in [-0.2, -0.15) is 0 Å². The molecule has 10 nitrogen and oxygen atoms in total. The van der Waals surface area contributed by atoms with Gasteiger partial charge in [-0.1, -0.05) is 66.2 Å². The highest BCUT2D eigenvalue weighted by Crippen LogP contribution is 2.46. The van der Waals surface area contributed by atoms with E-state index in [9.17, 15) is 14.7 Å². The lowest BCUT2D eigenvalue weighted by molar-refractivity contribution is -0.132. The third-order valence-electron chi connectivity index (χ3n) is 7.40. The number of carbonyl (C=O) groups is 2. The van der Waals surface area contributed by atoms with E-state index < -0.39 is 17.7 Å². The number of anilines is 1. The van der Waals surface area contributed by atoms with Gasteiger partial charge < -0.3 is 24.1 Å². The van der Waals surface area contributed by atoms with Crippen LogP contribution in [-0.4, -0.2) is 53.9 Å². The van der Waals surface area contributed by atoms with Crippen LogP contribution in [0, 0.1) is 0 Å². The number of aliphatic hydroxyl groups excluding tert-OH is 1. The van der Waals surface area contributed by atoms with Gasteiger partial charge in [0.2, 0.25) is 5.13 Å². The normalized spacial score (nSPS) is 16.9. The lowest BCUT2D eigenvalue weighted by atomic mass is 9.95. The van der Waals surface area contributed by atoms with Crippen LogP contribution < -0.4 is 23.8 Å². The van der Waals surface area contributed by atoms with Crippen molar-refractivity contribution >= 4 is 57.3 Å². The molecule has 6 rings (SSSR count). The summed E-state index contributed by atoms with van der Waals surface area (Å²) < 4.78 is 23.5. The molecule has 1 saturated heterocycles. The fraction of sp³-hybridized carbons (Fsp3) is 0.273. The second kappa shape index (κ2) is 14.0. The van der Waals surface area contributed by atoms with E-state index in [2.05, 4.69) is 17.1 Å². The van der Waals surface area contributed by atoms with Crippen molar-refractivity contribution in [1.82, 2.24) is 10.2 Å². The lowest BCUT2D eigenvalue weighted by Gasteiger charge is -2.24. The summed E-state index contributed by atoms with van der Waals surface area (Å²) in [5.74, 6) is 0.474. The molecule has 13 heteroatoms. The number of nitrogens with zero attached hydrogens (tertiary/aromatic N) is 3. The quantitative estimate of drug-likeness (QED) is 0.0440. The molecule has 1 unspecified atom stereocenters. The molecule has 2 aliphatic rings. The van der Waals surface area contributed by atoms with E-state index in [-0.39, 0.29) is 16.5 Å². The number of unbranched alkanes of at least 4 members (excludes halogenated alkanes) is 1. The number of halogens is 1. The standard InChI is InChI=1S/C33H30ClN3O7S2/c1-3-4-13-42-23-11-7-20(16-25(23)41-2)28-27(29(38)21-8-12-24-26(17-21)44-15-14-43-24)30(39)31(40)37(28)32-35-36-33(46-32)45-18-19-5-9-22(34)10-6-19/h5-12,16-17,28,38H,3-4,13-15,18H2,1-2H3/b29-27+. The van der Waals surface area contributed by atoms with Crippen molar-refractivity contribution in [2.75, 3.05) is 31.8 Å². The summed E-state index contributed by atoms with van der Waals surface area (Å²) in [7, 11) is 1.52. The molecule has 1 atom stereocenters. The van der Waals surface area contributed by atoms with Gasteiger partial charge in [0.1, 0.15) is 19.0 Å². The second-order valence-electron chi connectivity index (χ2n) is 10.4.